The molecule has 24 heavy (non-hydrogen) atoms. The molecule has 0 spiro atoms. The predicted molar refractivity (Wildman–Crippen MR) is 89.6 cm³/mol. The van der Waals surface area contributed by atoms with Crippen molar-refractivity contribution in [3.63, 3.8) is 0 Å². The largest absolute Gasteiger partial charge is 0.456 e. The van der Waals surface area contributed by atoms with Crippen LogP contribution in [0.3, 0.4) is 0 Å². The third-order valence-corrected chi connectivity index (χ3v) is 4.52. The highest BCUT2D eigenvalue weighted by Gasteiger charge is 2.20. The highest BCUT2D eigenvalue weighted by Crippen LogP contribution is 2.32. The van der Waals surface area contributed by atoms with Gasteiger partial charge in [-0.3, -0.25) is 9.59 Å². The summed E-state index contributed by atoms with van der Waals surface area (Å²) >= 11 is 1.39. The van der Waals surface area contributed by atoms with Crippen molar-refractivity contribution in [2.24, 2.45) is 0 Å². The molecule has 1 atom stereocenters. The van der Waals surface area contributed by atoms with E-state index in [2.05, 4.69) is 0 Å². The molecule has 0 bridgehead atoms. The molecule has 0 N–H and O–H groups in total. The fourth-order valence-electron chi connectivity index (χ4n) is 2.16. The number of ether oxygens (including phenoxy) is 3. The van der Waals surface area contributed by atoms with Gasteiger partial charge in [0, 0.05) is 10.5 Å². The molecule has 0 radical (unpaired) electrons. The van der Waals surface area contributed by atoms with Gasteiger partial charge in [-0.25, -0.2) is 0 Å². The fraction of sp³-hybridized carbons (Fsp3) is 0.222. The van der Waals surface area contributed by atoms with E-state index in [1.54, 1.807) is 25.1 Å². The van der Waals surface area contributed by atoms with Gasteiger partial charge in [0.1, 0.15) is 5.25 Å². The SMILES string of the molecule is C[C@@H](Sc1ccccc1)C(=O)OCC(=O)c1ccc2c(c1)OCO2. The first-order chi connectivity index (χ1) is 11.6. The van der Waals surface area contributed by atoms with Gasteiger partial charge in [0.2, 0.25) is 6.79 Å². The Morgan fingerprint density at radius 2 is 1.88 bits per heavy atom. The number of carbonyl (C=O) groups is 2. The summed E-state index contributed by atoms with van der Waals surface area (Å²) in [5.74, 6) is 0.438. The minimum absolute atomic E-state index is 0.149. The monoisotopic (exact) mass is 344 g/mol. The third kappa shape index (κ3) is 3.89. The Morgan fingerprint density at radius 1 is 1.12 bits per heavy atom. The Morgan fingerprint density at radius 3 is 2.67 bits per heavy atom. The van der Waals surface area contributed by atoms with Crippen molar-refractivity contribution >= 4 is 23.5 Å². The van der Waals surface area contributed by atoms with E-state index < -0.39 is 11.2 Å². The second-order valence-electron chi connectivity index (χ2n) is 5.17. The van der Waals surface area contributed by atoms with Crippen LogP contribution in [0.25, 0.3) is 0 Å². The number of fused-ring (bicyclic) bond motifs is 1. The van der Waals surface area contributed by atoms with Crippen LogP contribution in [0.15, 0.2) is 53.4 Å². The molecule has 1 aliphatic heterocycles. The summed E-state index contributed by atoms with van der Waals surface area (Å²) in [6.45, 7) is 1.61. The van der Waals surface area contributed by atoms with Gasteiger partial charge in [-0.15, -0.1) is 11.8 Å². The van der Waals surface area contributed by atoms with Crippen LogP contribution < -0.4 is 9.47 Å². The first kappa shape index (κ1) is 16.4. The molecule has 5 nitrogen and oxygen atoms in total. The molecular weight excluding hydrogens is 328 g/mol. The molecule has 0 fully saturated rings. The van der Waals surface area contributed by atoms with Gasteiger partial charge in [-0.05, 0) is 37.3 Å². The standard InChI is InChI=1S/C18H16O5S/c1-12(24-14-5-3-2-4-6-14)18(20)21-10-15(19)13-7-8-16-17(9-13)23-11-22-16/h2-9,12H,10-11H2,1H3/t12-/m1/s1. The summed E-state index contributed by atoms with van der Waals surface area (Å²) in [6, 6.07) is 14.5. The second kappa shape index (κ2) is 7.40. The van der Waals surface area contributed by atoms with Crippen LogP contribution in [-0.4, -0.2) is 30.4 Å². The average molecular weight is 344 g/mol. The van der Waals surface area contributed by atoms with Crippen molar-refractivity contribution in [1.29, 1.82) is 0 Å². The van der Waals surface area contributed by atoms with E-state index in [9.17, 15) is 9.59 Å². The van der Waals surface area contributed by atoms with E-state index in [1.807, 2.05) is 30.3 Å². The van der Waals surface area contributed by atoms with E-state index in [0.717, 1.165) is 4.90 Å². The predicted octanol–water partition coefficient (Wildman–Crippen LogP) is 3.32. The Kier molecular flexibility index (Phi) is 5.05. The minimum Gasteiger partial charge on any atom is -0.456 e. The van der Waals surface area contributed by atoms with E-state index in [4.69, 9.17) is 14.2 Å². The van der Waals surface area contributed by atoms with Crippen molar-refractivity contribution in [2.45, 2.75) is 17.1 Å². The van der Waals surface area contributed by atoms with Crippen molar-refractivity contribution in [2.75, 3.05) is 13.4 Å². The number of hydrogen-bond donors (Lipinski definition) is 0. The van der Waals surface area contributed by atoms with Crippen LogP contribution in [0, 0.1) is 0 Å². The van der Waals surface area contributed by atoms with Gasteiger partial charge < -0.3 is 14.2 Å². The lowest BCUT2D eigenvalue weighted by molar-refractivity contribution is -0.141. The first-order valence-electron chi connectivity index (χ1n) is 7.44. The van der Waals surface area contributed by atoms with Crippen LogP contribution in [0.4, 0.5) is 0 Å². The number of hydrogen-bond acceptors (Lipinski definition) is 6. The number of Topliss-reactive ketones (excluding diaryl/α,β-unsaturated/α-hetero) is 1. The Bertz CT molecular complexity index is 744. The van der Waals surface area contributed by atoms with Crippen molar-refractivity contribution in [1.82, 2.24) is 0 Å². The highest BCUT2D eigenvalue weighted by atomic mass is 32.2. The van der Waals surface area contributed by atoms with E-state index in [0.29, 0.717) is 17.1 Å². The summed E-state index contributed by atoms with van der Waals surface area (Å²) in [5, 5.41) is -0.392. The van der Waals surface area contributed by atoms with Crippen molar-refractivity contribution < 1.29 is 23.8 Å². The molecule has 124 valence electrons. The second-order valence-corrected chi connectivity index (χ2v) is 6.59. The summed E-state index contributed by atoms with van der Waals surface area (Å²) < 4.78 is 15.6. The molecule has 2 aromatic carbocycles. The third-order valence-electron chi connectivity index (χ3n) is 3.43. The van der Waals surface area contributed by atoms with Gasteiger partial charge >= 0.3 is 5.97 Å². The van der Waals surface area contributed by atoms with Gasteiger partial charge in [-0.2, -0.15) is 0 Å². The average Bonchev–Trinajstić information content (AvgIpc) is 3.07. The fourth-order valence-corrected chi connectivity index (χ4v) is 3.05. The summed E-state index contributed by atoms with van der Waals surface area (Å²) in [5.41, 5.74) is 0.426. The lowest BCUT2D eigenvalue weighted by atomic mass is 10.1. The Labute approximate surface area is 143 Å². The Hall–Kier alpha value is -2.47. The lowest BCUT2D eigenvalue weighted by Crippen LogP contribution is -2.21. The van der Waals surface area contributed by atoms with Crippen LogP contribution in [-0.2, 0) is 9.53 Å². The van der Waals surface area contributed by atoms with Crippen molar-refractivity contribution in [3.8, 4) is 11.5 Å². The zero-order chi connectivity index (χ0) is 16.9. The number of thioether (sulfide) groups is 1. The maximum absolute atomic E-state index is 12.1. The molecule has 6 heteroatoms. The zero-order valence-electron chi connectivity index (χ0n) is 13.1. The summed E-state index contributed by atoms with van der Waals surface area (Å²) in [4.78, 5) is 25.2. The molecule has 1 aliphatic rings. The molecular formula is C18H16O5S. The molecule has 1 heterocycles. The van der Waals surface area contributed by atoms with Crippen LogP contribution in [0.2, 0.25) is 0 Å². The van der Waals surface area contributed by atoms with Crippen LogP contribution in [0.1, 0.15) is 17.3 Å². The van der Waals surface area contributed by atoms with E-state index in [1.165, 1.54) is 11.8 Å². The number of rotatable bonds is 6. The minimum atomic E-state index is -0.419. The molecule has 0 saturated carbocycles. The number of ketones is 1. The quantitative estimate of drug-likeness (QED) is 0.455. The molecule has 0 saturated heterocycles. The highest BCUT2D eigenvalue weighted by molar-refractivity contribution is 8.00. The van der Waals surface area contributed by atoms with Gasteiger partial charge in [0.05, 0.1) is 0 Å². The first-order valence-corrected chi connectivity index (χ1v) is 8.32. The van der Waals surface area contributed by atoms with Gasteiger partial charge in [0.25, 0.3) is 0 Å². The van der Waals surface area contributed by atoms with Gasteiger partial charge in [0.15, 0.2) is 23.9 Å². The number of esters is 1. The van der Waals surface area contributed by atoms with Crippen LogP contribution in [0.5, 0.6) is 11.5 Å². The number of carbonyl (C=O) groups excluding carboxylic acids is 2. The van der Waals surface area contributed by atoms with Crippen LogP contribution >= 0.6 is 11.8 Å². The maximum atomic E-state index is 12.1. The van der Waals surface area contributed by atoms with E-state index >= 15 is 0 Å². The summed E-state index contributed by atoms with van der Waals surface area (Å²) in [6.07, 6.45) is 0. The molecule has 0 aromatic heterocycles. The maximum Gasteiger partial charge on any atom is 0.319 e. The number of benzene rings is 2. The molecule has 0 amide bonds. The molecule has 0 aliphatic carbocycles. The Balaban J connectivity index is 1.53. The molecule has 2 aromatic rings. The molecule has 3 rings (SSSR count). The normalized spacial score (nSPS) is 13.4. The molecule has 0 unspecified atom stereocenters. The smallest absolute Gasteiger partial charge is 0.319 e. The van der Waals surface area contributed by atoms with Gasteiger partial charge in [-0.1, -0.05) is 18.2 Å². The lowest BCUT2D eigenvalue weighted by Gasteiger charge is -2.11. The zero-order valence-corrected chi connectivity index (χ0v) is 13.9. The summed E-state index contributed by atoms with van der Waals surface area (Å²) in [7, 11) is 0. The van der Waals surface area contributed by atoms with E-state index in [-0.39, 0.29) is 19.2 Å². The van der Waals surface area contributed by atoms with Crippen molar-refractivity contribution in [3.05, 3.63) is 54.1 Å². The topological polar surface area (TPSA) is 61.8 Å².